The van der Waals surface area contributed by atoms with Gasteiger partial charge in [-0.05, 0) is 56.5 Å². The highest BCUT2D eigenvalue weighted by Gasteiger charge is 2.36. The SMILES string of the molecule is CC1CNCCC1NC(=O)C1CCCN1C(=O)c1ccc2c(c1)OCO2. The van der Waals surface area contributed by atoms with Crippen LogP contribution in [0, 0.1) is 5.92 Å². The number of carbonyl (C=O) groups is 2. The third kappa shape index (κ3) is 3.23. The van der Waals surface area contributed by atoms with Gasteiger partial charge in [0.15, 0.2) is 11.5 Å². The van der Waals surface area contributed by atoms with Crippen LogP contribution >= 0.6 is 0 Å². The van der Waals surface area contributed by atoms with Crippen LogP contribution in [0.3, 0.4) is 0 Å². The molecule has 7 heteroatoms. The zero-order valence-corrected chi connectivity index (χ0v) is 15.0. The molecule has 0 saturated carbocycles. The number of likely N-dealkylation sites (tertiary alicyclic amines) is 1. The molecule has 1 aromatic rings. The molecular weight excluding hydrogens is 334 g/mol. The van der Waals surface area contributed by atoms with Gasteiger partial charge >= 0.3 is 0 Å². The summed E-state index contributed by atoms with van der Waals surface area (Å²) in [6.07, 6.45) is 2.48. The van der Waals surface area contributed by atoms with Gasteiger partial charge in [0.1, 0.15) is 6.04 Å². The lowest BCUT2D eigenvalue weighted by Gasteiger charge is -2.32. The smallest absolute Gasteiger partial charge is 0.254 e. The Morgan fingerprint density at radius 3 is 2.92 bits per heavy atom. The van der Waals surface area contributed by atoms with E-state index in [-0.39, 0.29) is 24.6 Å². The first-order valence-electron chi connectivity index (χ1n) is 9.35. The van der Waals surface area contributed by atoms with Crippen molar-refractivity contribution >= 4 is 11.8 Å². The van der Waals surface area contributed by atoms with Crippen molar-refractivity contribution in [2.75, 3.05) is 26.4 Å². The number of nitrogens with zero attached hydrogens (tertiary/aromatic N) is 1. The minimum Gasteiger partial charge on any atom is -0.454 e. The summed E-state index contributed by atoms with van der Waals surface area (Å²) in [6, 6.07) is 4.96. The first kappa shape index (κ1) is 17.1. The predicted molar refractivity (Wildman–Crippen MR) is 95.2 cm³/mol. The zero-order chi connectivity index (χ0) is 18.1. The summed E-state index contributed by atoms with van der Waals surface area (Å²) in [6.45, 7) is 4.75. The van der Waals surface area contributed by atoms with Gasteiger partial charge < -0.3 is 25.0 Å². The van der Waals surface area contributed by atoms with Crippen molar-refractivity contribution in [2.24, 2.45) is 5.92 Å². The Labute approximate surface area is 153 Å². The van der Waals surface area contributed by atoms with E-state index in [4.69, 9.17) is 9.47 Å². The fourth-order valence-electron chi connectivity index (χ4n) is 3.99. The Morgan fingerprint density at radius 2 is 2.08 bits per heavy atom. The molecule has 0 aliphatic carbocycles. The van der Waals surface area contributed by atoms with Gasteiger partial charge in [-0.3, -0.25) is 9.59 Å². The second-order valence-corrected chi connectivity index (χ2v) is 7.31. The first-order chi connectivity index (χ1) is 12.6. The summed E-state index contributed by atoms with van der Waals surface area (Å²) >= 11 is 0. The highest BCUT2D eigenvalue weighted by atomic mass is 16.7. The lowest BCUT2D eigenvalue weighted by molar-refractivity contribution is -0.126. The number of amides is 2. The van der Waals surface area contributed by atoms with Gasteiger partial charge in [0, 0.05) is 18.2 Å². The topological polar surface area (TPSA) is 79.9 Å². The summed E-state index contributed by atoms with van der Waals surface area (Å²) in [5.74, 6) is 1.47. The first-order valence-corrected chi connectivity index (χ1v) is 9.35. The molecule has 3 aliphatic heterocycles. The molecule has 0 bridgehead atoms. The standard InChI is InChI=1S/C19H25N3O4/c1-12-10-20-7-6-14(12)21-18(23)15-3-2-8-22(15)19(24)13-4-5-16-17(9-13)26-11-25-16/h4-5,9,12,14-15,20H,2-3,6-8,10-11H2,1H3,(H,21,23). The van der Waals surface area contributed by atoms with E-state index in [0.717, 1.165) is 25.9 Å². The van der Waals surface area contributed by atoms with Gasteiger partial charge in [0.2, 0.25) is 12.7 Å². The van der Waals surface area contributed by atoms with Crippen LogP contribution in [0.4, 0.5) is 0 Å². The molecule has 1 aromatic carbocycles. The fourth-order valence-corrected chi connectivity index (χ4v) is 3.99. The van der Waals surface area contributed by atoms with Crippen LogP contribution in [0.5, 0.6) is 11.5 Å². The van der Waals surface area contributed by atoms with Crippen molar-refractivity contribution in [3.05, 3.63) is 23.8 Å². The Hall–Kier alpha value is -2.28. The predicted octanol–water partition coefficient (Wildman–Crippen LogP) is 1.13. The van der Waals surface area contributed by atoms with Crippen LogP contribution in [-0.2, 0) is 4.79 Å². The molecule has 3 heterocycles. The van der Waals surface area contributed by atoms with Crippen molar-refractivity contribution < 1.29 is 19.1 Å². The van der Waals surface area contributed by atoms with E-state index in [2.05, 4.69) is 17.6 Å². The number of benzene rings is 1. The van der Waals surface area contributed by atoms with Crippen LogP contribution < -0.4 is 20.1 Å². The number of nitrogens with one attached hydrogen (secondary N) is 2. The van der Waals surface area contributed by atoms with Crippen molar-refractivity contribution in [3.63, 3.8) is 0 Å². The molecule has 0 radical (unpaired) electrons. The molecule has 4 rings (SSSR count). The van der Waals surface area contributed by atoms with E-state index in [1.165, 1.54) is 0 Å². The largest absolute Gasteiger partial charge is 0.454 e. The van der Waals surface area contributed by atoms with Crippen LogP contribution in [0.15, 0.2) is 18.2 Å². The molecule has 2 saturated heterocycles. The zero-order valence-electron chi connectivity index (χ0n) is 15.0. The van der Waals surface area contributed by atoms with E-state index < -0.39 is 6.04 Å². The van der Waals surface area contributed by atoms with Gasteiger partial charge in [-0.1, -0.05) is 6.92 Å². The molecule has 140 valence electrons. The monoisotopic (exact) mass is 359 g/mol. The quantitative estimate of drug-likeness (QED) is 0.846. The van der Waals surface area contributed by atoms with E-state index in [1.54, 1.807) is 23.1 Å². The summed E-state index contributed by atoms with van der Waals surface area (Å²) in [4.78, 5) is 27.5. The Morgan fingerprint density at radius 1 is 1.23 bits per heavy atom. The molecule has 0 aromatic heterocycles. The van der Waals surface area contributed by atoms with E-state index in [9.17, 15) is 9.59 Å². The second kappa shape index (κ2) is 7.15. The number of fused-ring (bicyclic) bond motifs is 1. The van der Waals surface area contributed by atoms with Crippen molar-refractivity contribution in [1.29, 1.82) is 0 Å². The van der Waals surface area contributed by atoms with E-state index in [0.29, 0.717) is 35.9 Å². The minimum atomic E-state index is -0.394. The molecule has 26 heavy (non-hydrogen) atoms. The number of ether oxygens (including phenoxy) is 2. The molecule has 7 nitrogen and oxygen atoms in total. The van der Waals surface area contributed by atoms with E-state index in [1.807, 2.05) is 0 Å². The van der Waals surface area contributed by atoms with Crippen molar-refractivity contribution in [1.82, 2.24) is 15.5 Å². The maximum atomic E-state index is 13.0. The highest BCUT2D eigenvalue weighted by Crippen LogP contribution is 2.33. The number of hydrogen-bond acceptors (Lipinski definition) is 5. The van der Waals surface area contributed by atoms with E-state index >= 15 is 0 Å². The maximum Gasteiger partial charge on any atom is 0.254 e. The summed E-state index contributed by atoms with van der Waals surface area (Å²) in [5.41, 5.74) is 0.532. The normalized spacial score (nSPS) is 27.4. The fraction of sp³-hybridized carbons (Fsp3) is 0.579. The summed E-state index contributed by atoms with van der Waals surface area (Å²) in [7, 11) is 0. The number of carbonyl (C=O) groups excluding carboxylic acids is 2. The molecule has 3 aliphatic rings. The maximum absolute atomic E-state index is 13.0. The lowest BCUT2D eigenvalue weighted by atomic mass is 9.95. The summed E-state index contributed by atoms with van der Waals surface area (Å²) < 4.78 is 10.7. The second-order valence-electron chi connectivity index (χ2n) is 7.31. The molecule has 3 atom stereocenters. The number of hydrogen-bond donors (Lipinski definition) is 2. The Balaban J connectivity index is 1.45. The van der Waals surface area contributed by atoms with Gasteiger partial charge in [0.05, 0.1) is 0 Å². The highest BCUT2D eigenvalue weighted by molar-refractivity contribution is 5.98. The van der Waals surface area contributed by atoms with Crippen LogP contribution in [0.1, 0.15) is 36.5 Å². The molecule has 0 spiro atoms. The van der Waals surface area contributed by atoms with Crippen LogP contribution in [0.25, 0.3) is 0 Å². The van der Waals surface area contributed by atoms with Gasteiger partial charge in [-0.15, -0.1) is 0 Å². The summed E-state index contributed by atoms with van der Waals surface area (Å²) in [5, 5.41) is 6.51. The molecule has 2 amide bonds. The molecule has 2 fully saturated rings. The van der Waals surface area contributed by atoms with Crippen LogP contribution in [0.2, 0.25) is 0 Å². The molecule has 2 N–H and O–H groups in total. The van der Waals surface area contributed by atoms with Gasteiger partial charge in [-0.25, -0.2) is 0 Å². The van der Waals surface area contributed by atoms with Crippen molar-refractivity contribution in [3.8, 4) is 11.5 Å². The third-order valence-corrected chi connectivity index (χ3v) is 5.55. The number of rotatable bonds is 3. The minimum absolute atomic E-state index is 0.0321. The van der Waals surface area contributed by atoms with Crippen molar-refractivity contribution in [2.45, 2.75) is 38.3 Å². The van der Waals surface area contributed by atoms with Gasteiger partial charge in [-0.2, -0.15) is 0 Å². The number of piperidine rings is 1. The molecule has 3 unspecified atom stereocenters. The van der Waals surface area contributed by atoms with Crippen LogP contribution in [-0.4, -0.2) is 55.2 Å². The molecular formula is C19H25N3O4. The van der Waals surface area contributed by atoms with Gasteiger partial charge in [0.25, 0.3) is 5.91 Å². The Bertz CT molecular complexity index is 708. The third-order valence-electron chi connectivity index (χ3n) is 5.55. The lowest BCUT2D eigenvalue weighted by Crippen LogP contribution is -2.53. The Kier molecular flexibility index (Phi) is 4.72. The average Bonchev–Trinajstić information content (AvgIpc) is 3.31. The average molecular weight is 359 g/mol.